The van der Waals surface area contributed by atoms with Gasteiger partial charge in [0.15, 0.2) is 0 Å². The molecular weight excluding hydrogens is 532 g/mol. The topological polar surface area (TPSA) is 102 Å². The van der Waals surface area contributed by atoms with Crippen LogP contribution < -0.4 is 10.2 Å². The fraction of sp³-hybridized carbons (Fsp3) is 0.444. The number of halogens is 4. The number of nitrogens with one attached hydrogen (secondary N) is 1. The van der Waals surface area contributed by atoms with Crippen LogP contribution in [0.5, 0.6) is 0 Å². The lowest BCUT2D eigenvalue weighted by molar-refractivity contribution is -0.137. The summed E-state index contributed by atoms with van der Waals surface area (Å²) in [7, 11) is 0. The van der Waals surface area contributed by atoms with Gasteiger partial charge in [0, 0.05) is 24.4 Å². The highest BCUT2D eigenvalue weighted by molar-refractivity contribution is 6.00. The van der Waals surface area contributed by atoms with E-state index in [1.807, 2.05) is 13.8 Å². The SMILES string of the molecule is CC(C)C[C@@H](C(=O)NC[C@H]1CCCO1)N(C(=O)Cn1nnc(-c2ccc(F)cc2)n1)c1cccc(C(F)(F)F)c1. The first kappa shape index (κ1) is 29.1. The van der Waals surface area contributed by atoms with Crippen LogP contribution in [-0.4, -0.2) is 57.3 Å². The van der Waals surface area contributed by atoms with Gasteiger partial charge in [0.25, 0.3) is 5.91 Å². The van der Waals surface area contributed by atoms with E-state index in [0.717, 1.165) is 34.7 Å². The van der Waals surface area contributed by atoms with Gasteiger partial charge in [-0.25, -0.2) is 4.39 Å². The van der Waals surface area contributed by atoms with Crippen molar-refractivity contribution in [2.75, 3.05) is 18.1 Å². The molecule has 1 aromatic heterocycles. The van der Waals surface area contributed by atoms with Gasteiger partial charge in [0.05, 0.1) is 11.7 Å². The van der Waals surface area contributed by atoms with Crippen LogP contribution in [0.1, 0.15) is 38.7 Å². The molecule has 0 bridgehead atoms. The highest BCUT2D eigenvalue weighted by Crippen LogP contribution is 2.33. The molecule has 1 saturated heterocycles. The molecule has 2 atom stereocenters. The highest BCUT2D eigenvalue weighted by Gasteiger charge is 2.36. The van der Waals surface area contributed by atoms with E-state index < -0.39 is 42.0 Å². The van der Waals surface area contributed by atoms with Crippen molar-refractivity contribution in [2.24, 2.45) is 5.92 Å². The van der Waals surface area contributed by atoms with E-state index in [1.165, 1.54) is 36.4 Å². The summed E-state index contributed by atoms with van der Waals surface area (Å²) in [6.45, 7) is 4.02. The molecule has 0 aliphatic carbocycles. The lowest BCUT2D eigenvalue weighted by Crippen LogP contribution is -2.52. The van der Waals surface area contributed by atoms with Crippen LogP contribution in [0.15, 0.2) is 48.5 Å². The van der Waals surface area contributed by atoms with E-state index in [4.69, 9.17) is 4.74 Å². The van der Waals surface area contributed by atoms with Crippen molar-refractivity contribution < 1.29 is 31.9 Å². The van der Waals surface area contributed by atoms with Gasteiger partial charge in [-0.05, 0) is 72.9 Å². The number of carbonyl (C=O) groups excluding carboxylic acids is 2. The molecule has 214 valence electrons. The van der Waals surface area contributed by atoms with Gasteiger partial charge in [0.2, 0.25) is 11.7 Å². The van der Waals surface area contributed by atoms with Crippen molar-refractivity contribution in [3.8, 4) is 11.4 Å². The molecule has 0 radical (unpaired) electrons. The molecule has 1 fully saturated rings. The summed E-state index contributed by atoms with van der Waals surface area (Å²) in [5.41, 5.74) is -0.582. The second kappa shape index (κ2) is 12.5. The van der Waals surface area contributed by atoms with Gasteiger partial charge in [-0.15, -0.1) is 10.2 Å². The molecule has 4 rings (SSSR count). The van der Waals surface area contributed by atoms with E-state index in [0.29, 0.717) is 12.2 Å². The second-order valence-corrected chi connectivity index (χ2v) is 9.99. The second-order valence-electron chi connectivity index (χ2n) is 9.99. The zero-order valence-corrected chi connectivity index (χ0v) is 22.1. The minimum Gasteiger partial charge on any atom is -0.376 e. The van der Waals surface area contributed by atoms with Gasteiger partial charge in [-0.1, -0.05) is 19.9 Å². The van der Waals surface area contributed by atoms with Crippen molar-refractivity contribution in [1.29, 1.82) is 0 Å². The first-order chi connectivity index (χ1) is 19.0. The number of anilines is 1. The normalized spacial score (nSPS) is 16.2. The number of rotatable bonds is 10. The molecule has 1 N–H and O–H groups in total. The predicted octanol–water partition coefficient (Wildman–Crippen LogP) is 4.24. The Morgan fingerprint density at radius 1 is 1.18 bits per heavy atom. The Balaban J connectivity index is 1.65. The van der Waals surface area contributed by atoms with Crippen LogP contribution in [0, 0.1) is 11.7 Å². The monoisotopic (exact) mass is 562 g/mol. The Labute approximate surface area is 228 Å². The number of tetrazole rings is 1. The maximum Gasteiger partial charge on any atom is 0.416 e. The molecule has 40 heavy (non-hydrogen) atoms. The molecule has 0 saturated carbocycles. The smallest absolute Gasteiger partial charge is 0.376 e. The number of aromatic nitrogens is 4. The molecule has 9 nitrogen and oxygen atoms in total. The van der Waals surface area contributed by atoms with Gasteiger partial charge >= 0.3 is 6.18 Å². The summed E-state index contributed by atoms with van der Waals surface area (Å²) < 4.78 is 59.6. The van der Waals surface area contributed by atoms with Gasteiger partial charge in [0.1, 0.15) is 18.4 Å². The van der Waals surface area contributed by atoms with Crippen LogP contribution in [0.3, 0.4) is 0 Å². The average Bonchev–Trinajstić information content (AvgIpc) is 3.59. The van der Waals surface area contributed by atoms with Crippen LogP contribution in [-0.2, 0) is 27.0 Å². The molecule has 13 heteroatoms. The third-order valence-electron chi connectivity index (χ3n) is 6.39. The number of hydrogen-bond acceptors (Lipinski definition) is 6. The Morgan fingerprint density at radius 3 is 2.58 bits per heavy atom. The maximum atomic E-state index is 13.7. The number of hydrogen-bond donors (Lipinski definition) is 1. The van der Waals surface area contributed by atoms with E-state index in [-0.39, 0.29) is 36.5 Å². The summed E-state index contributed by atoms with van der Waals surface area (Å²) in [6.07, 6.45) is -2.98. The summed E-state index contributed by atoms with van der Waals surface area (Å²) in [5, 5.41) is 14.8. The first-order valence-corrected chi connectivity index (χ1v) is 12.9. The summed E-state index contributed by atoms with van der Waals surface area (Å²) in [5.74, 6) is -1.61. The number of amides is 2. The van der Waals surface area contributed by atoms with E-state index >= 15 is 0 Å². The Hall–Kier alpha value is -3.87. The highest BCUT2D eigenvalue weighted by atomic mass is 19.4. The first-order valence-electron chi connectivity index (χ1n) is 12.9. The molecular formula is C27H30F4N6O3. The van der Waals surface area contributed by atoms with Crippen molar-refractivity contribution in [3.63, 3.8) is 0 Å². The molecule has 0 unspecified atom stereocenters. The molecule has 0 spiro atoms. The Bertz CT molecular complexity index is 1310. The molecule has 2 amide bonds. The minimum absolute atomic E-state index is 0.0749. The average molecular weight is 563 g/mol. The van der Waals surface area contributed by atoms with Gasteiger partial charge in [-0.2, -0.15) is 18.0 Å². The van der Waals surface area contributed by atoms with Crippen molar-refractivity contribution >= 4 is 17.5 Å². The maximum absolute atomic E-state index is 13.7. The summed E-state index contributed by atoms with van der Waals surface area (Å²) in [6, 6.07) is 8.52. The van der Waals surface area contributed by atoms with Crippen LogP contribution >= 0.6 is 0 Å². The van der Waals surface area contributed by atoms with Gasteiger partial charge < -0.3 is 10.1 Å². The fourth-order valence-corrected chi connectivity index (χ4v) is 4.47. The van der Waals surface area contributed by atoms with Gasteiger partial charge in [-0.3, -0.25) is 14.5 Å². The fourth-order valence-electron chi connectivity index (χ4n) is 4.47. The Morgan fingerprint density at radius 2 is 1.93 bits per heavy atom. The van der Waals surface area contributed by atoms with Crippen molar-refractivity contribution in [1.82, 2.24) is 25.5 Å². The van der Waals surface area contributed by atoms with Crippen LogP contribution in [0.4, 0.5) is 23.2 Å². The van der Waals surface area contributed by atoms with E-state index in [9.17, 15) is 27.2 Å². The number of ether oxygens (including phenoxy) is 1. The lowest BCUT2D eigenvalue weighted by Gasteiger charge is -2.32. The van der Waals surface area contributed by atoms with E-state index in [1.54, 1.807) is 0 Å². The number of alkyl halides is 3. The van der Waals surface area contributed by atoms with Crippen LogP contribution in [0.2, 0.25) is 0 Å². The molecule has 2 heterocycles. The molecule has 1 aliphatic heterocycles. The van der Waals surface area contributed by atoms with E-state index in [2.05, 4.69) is 20.7 Å². The lowest BCUT2D eigenvalue weighted by atomic mass is 10.00. The standard InChI is InChI=1S/C27H30F4N6O3/c1-17(2)13-23(26(39)32-15-22-7-4-12-40-22)37(21-6-3-5-19(14-21)27(29,30)31)24(38)16-36-34-25(33-35-36)18-8-10-20(28)11-9-18/h3,5-6,8-11,14,17,22-23H,4,7,12-13,15-16H2,1-2H3,(H,32,39)/t22-,23+/m1/s1. The number of benzene rings is 2. The predicted molar refractivity (Wildman–Crippen MR) is 137 cm³/mol. The summed E-state index contributed by atoms with van der Waals surface area (Å²) in [4.78, 5) is 29.2. The number of carbonyl (C=O) groups is 2. The van der Waals surface area contributed by atoms with Crippen molar-refractivity contribution in [2.45, 2.75) is 58.0 Å². The van der Waals surface area contributed by atoms with Crippen molar-refractivity contribution in [3.05, 3.63) is 59.9 Å². The number of nitrogens with zero attached hydrogens (tertiary/aromatic N) is 5. The molecule has 2 aromatic carbocycles. The Kier molecular flexibility index (Phi) is 9.13. The third-order valence-corrected chi connectivity index (χ3v) is 6.39. The third kappa shape index (κ3) is 7.40. The summed E-state index contributed by atoms with van der Waals surface area (Å²) >= 11 is 0. The molecule has 3 aromatic rings. The zero-order chi connectivity index (χ0) is 28.9. The zero-order valence-electron chi connectivity index (χ0n) is 22.1. The minimum atomic E-state index is -4.65. The van der Waals surface area contributed by atoms with Crippen LogP contribution in [0.25, 0.3) is 11.4 Å². The quantitative estimate of drug-likeness (QED) is 0.371. The molecule has 1 aliphatic rings. The largest absolute Gasteiger partial charge is 0.416 e.